The summed E-state index contributed by atoms with van der Waals surface area (Å²) in [5.74, 6) is -0.310. The van der Waals surface area contributed by atoms with Crippen LogP contribution in [-0.2, 0) is 0 Å². The summed E-state index contributed by atoms with van der Waals surface area (Å²) in [5, 5.41) is 12.5. The lowest BCUT2D eigenvalue weighted by molar-refractivity contribution is 0.100. The van der Waals surface area contributed by atoms with Gasteiger partial charge in [-0.2, -0.15) is 9.78 Å². The molecule has 140 valence electrons. The Hall–Kier alpha value is -4.33. The molecule has 0 radical (unpaired) electrons. The number of fused-ring (bicyclic) bond motifs is 1. The van der Waals surface area contributed by atoms with E-state index in [-0.39, 0.29) is 17.1 Å². The first-order chi connectivity index (χ1) is 14.2. The van der Waals surface area contributed by atoms with Crippen LogP contribution >= 0.6 is 0 Å². The Kier molecular flexibility index (Phi) is 3.87. The van der Waals surface area contributed by atoms with E-state index in [1.54, 1.807) is 48.5 Å². The van der Waals surface area contributed by atoms with Gasteiger partial charge in [-0.1, -0.05) is 35.5 Å². The van der Waals surface area contributed by atoms with E-state index in [2.05, 4.69) is 15.4 Å². The SMILES string of the molecule is O=C(c1cc(-n2nnc3ccccc32)c(=O)n(-c2ccccc2)n1)c1ccco1. The smallest absolute Gasteiger partial charge is 0.297 e. The molecule has 0 aliphatic heterocycles. The standard InChI is InChI=1S/C21H13N5O3/c27-20(19-11-6-12-29-19)16-13-18(26-17-10-5-4-9-15(17)22-24-26)21(28)25(23-16)14-7-2-1-3-8-14/h1-13H. The van der Waals surface area contributed by atoms with E-state index in [0.717, 1.165) is 0 Å². The van der Waals surface area contributed by atoms with Crippen LogP contribution in [0.3, 0.4) is 0 Å². The maximum Gasteiger partial charge on any atom is 0.297 e. The Labute approximate surface area is 163 Å². The first-order valence-corrected chi connectivity index (χ1v) is 8.81. The van der Waals surface area contributed by atoms with Crippen molar-refractivity contribution in [3.8, 4) is 11.4 Å². The van der Waals surface area contributed by atoms with Crippen LogP contribution in [-0.4, -0.2) is 30.6 Å². The minimum atomic E-state index is -0.439. The minimum Gasteiger partial charge on any atom is -0.461 e. The molecule has 5 aromatic rings. The molecule has 0 N–H and O–H groups in total. The third-order valence-electron chi connectivity index (χ3n) is 4.45. The average molecular weight is 383 g/mol. The molecule has 0 fully saturated rings. The number of para-hydroxylation sites is 2. The predicted molar refractivity (Wildman–Crippen MR) is 104 cm³/mol. The van der Waals surface area contributed by atoms with E-state index >= 15 is 0 Å². The Balaban J connectivity index is 1.79. The van der Waals surface area contributed by atoms with Crippen LogP contribution in [0.2, 0.25) is 0 Å². The van der Waals surface area contributed by atoms with Crippen molar-refractivity contribution in [2.75, 3.05) is 0 Å². The molecule has 3 aromatic heterocycles. The molecule has 3 heterocycles. The predicted octanol–water partition coefficient (Wildman–Crippen LogP) is 2.79. The summed E-state index contributed by atoms with van der Waals surface area (Å²) in [6, 6.07) is 20.7. The summed E-state index contributed by atoms with van der Waals surface area (Å²) in [7, 11) is 0. The molecule has 0 bridgehead atoms. The molecule has 0 amide bonds. The number of hydrogen-bond acceptors (Lipinski definition) is 6. The van der Waals surface area contributed by atoms with Crippen molar-refractivity contribution in [2.24, 2.45) is 0 Å². The molecule has 0 unspecified atom stereocenters. The number of carbonyl (C=O) groups is 1. The van der Waals surface area contributed by atoms with Crippen molar-refractivity contribution >= 4 is 16.8 Å². The number of hydrogen-bond donors (Lipinski definition) is 0. The van der Waals surface area contributed by atoms with Gasteiger partial charge in [0.1, 0.15) is 16.9 Å². The van der Waals surface area contributed by atoms with E-state index in [1.165, 1.54) is 21.7 Å². The van der Waals surface area contributed by atoms with Crippen molar-refractivity contribution in [1.29, 1.82) is 0 Å². The second-order valence-corrected chi connectivity index (χ2v) is 6.26. The summed E-state index contributed by atoms with van der Waals surface area (Å²) >= 11 is 0. The quantitative estimate of drug-likeness (QED) is 0.443. The molecule has 0 saturated heterocycles. The van der Waals surface area contributed by atoms with Crippen LogP contribution < -0.4 is 5.56 Å². The van der Waals surface area contributed by atoms with E-state index in [1.807, 2.05) is 18.2 Å². The van der Waals surface area contributed by atoms with Crippen molar-refractivity contribution in [2.45, 2.75) is 0 Å². The molecule has 0 aliphatic carbocycles. The van der Waals surface area contributed by atoms with Gasteiger partial charge in [0.15, 0.2) is 5.76 Å². The van der Waals surface area contributed by atoms with Crippen LogP contribution in [0.5, 0.6) is 0 Å². The van der Waals surface area contributed by atoms with Gasteiger partial charge in [-0.15, -0.1) is 5.10 Å². The zero-order chi connectivity index (χ0) is 19.8. The normalized spacial score (nSPS) is 11.0. The lowest BCUT2D eigenvalue weighted by atomic mass is 10.2. The highest BCUT2D eigenvalue weighted by atomic mass is 16.3. The first-order valence-electron chi connectivity index (χ1n) is 8.81. The number of nitrogens with zero attached hydrogens (tertiary/aromatic N) is 5. The molecular weight excluding hydrogens is 370 g/mol. The highest BCUT2D eigenvalue weighted by molar-refractivity contribution is 6.05. The van der Waals surface area contributed by atoms with Crippen LogP contribution in [0.4, 0.5) is 0 Å². The molecule has 0 saturated carbocycles. The molecule has 8 heteroatoms. The highest BCUT2D eigenvalue weighted by Crippen LogP contribution is 2.16. The van der Waals surface area contributed by atoms with Gasteiger partial charge in [0, 0.05) is 6.07 Å². The number of rotatable bonds is 4. The fourth-order valence-electron chi connectivity index (χ4n) is 3.07. The first kappa shape index (κ1) is 16.8. The van der Waals surface area contributed by atoms with Crippen molar-refractivity contribution in [3.05, 3.63) is 101 Å². The van der Waals surface area contributed by atoms with Gasteiger partial charge in [0.05, 0.1) is 17.5 Å². The lowest BCUT2D eigenvalue weighted by Gasteiger charge is -2.10. The molecule has 5 rings (SSSR count). The van der Waals surface area contributed by atoms with E-state index in [0.29, 0.717) is 16.7 Å². The van der Waals surface area contributed by atoms with Gasteiger partial charge in [-0.25, -0.2) is 4.68 Å². The fraction of sp³-hybridized carbons (Fsp3) is 0. The third-order valence-corrected chi connectivity index (χ3v) is 4.45. The third kappa shape index (κ3) is 2.83. The van der Waals surface area contributed by atoms with Gasteiger partial charge in [0.2, 0.25) is 5.78 Å². The summed E-state index contributed by atoms with van der Waals surface area (Å²) in [4.78, 5) is 26.1. The summed E-state index contributed by atoms with van der Waals surface area (Å²) in [5.41, 5.74) is 1.59. The van der Waals surface area contributed by atoms with Crippen LogP contribution in [0.1, 0.15) is 16.2 Å². The Morgan fingerprint density at radius 3 is 2.48 bits per heavy atom. The maximum absolute atomic E-state index is 13.2. The van der Waals surface area contributed by atoms with Gasteiger partial charge in [-0.05, 0) is 36.4 Å². The van der Waals surface area contributed by atoms with Gasteiger partial charge < -0.3 is 4.42 Å². The number of ketones is 1. The summed E-state index contributed by atoms with van der Waals surface area (Å²) in [6.45, 7) is 0. The number of benzene rings is 2. The minimum absolute atomic E-state index is 0.0537. The van der Waals surface area contributed by atoms with Crippen molar-refractivity contribution in [1.82, 2.24) is 24.8 Å². The van der Waals surface area contributed by atoms with E-state index in [4.69, 9.17) is 4.42 Å². The highest BCUT2D eigenvalue weighted by Gasteiger charge is 2.21. The summed E-state index contributed by atoms with van der Waals surface area (Å²) in [6.07, 6.45) is 1.41. The van der Waals surface area contributed by atoms with Gasteiger partial charge >= 0.3 is 0 Å². The molecule has 0 spiro atoms. The molecular formula is C21H13N5O3. The number of carbonyl (C=O) groups excluding carboxylic acids is 1. The number of furan rings is 1. The van der Waals surface area contributed by atoms with Crippen LogP contribution in [0, 0.1) is 0 Å². The fourth-order valence-corrected chi connectivity index (χ4v) is 3.07. The molecule has 0 atom stereocenters. The Bertz CT molecular complexity index is 1390. The van der Waals surface area contributed by atoms with Crippen molar-refractivity contribution < 1.29 is 9.21 Å². The Morgan fingerprint density at radius 1 is 0.897 bits per heavy atom. The Morgan fingerprint density at radius 2 is 1.69 bits per heavy atom. The lowest BCUT2D eigenvalue weighted by Crippen LogP contribution is -2.28. The molecule has 0 aliphatic rings. The average Bonchev–Trinajstić information content (AvgIpc) is 3.44. The van der Waals surface area contributed by atoms with Gasteiger partial charge in [0.25, 0.3) is 5.56 Å². The second-order valence-electron chi connectivity index (χ2n) is 6.26. The zero-order valence-electron chi connectivity index (χ0n) is 15.0. The largest absolute Gasteiger partial charge is 0.461 e. The molecule has 2 aromatic carbocycles. The van der Waals surface area contributed by atoms with Crippen molar-refractivity contribution in [3.63, 3.8) is 0 Å². The number of aromatic nitrogens is 5. The van der Waals surface area contributed by atoms with Crippen LogP contribution in [0.15, 0.2) is 88.3 Å². The molecule has 29 heavy (non-hydrogen) atoms. The van der Waals surface area contributed by atoms with E-state index < -0.39 is 11.3 Å². The van der Waals surface area contributed by atoms with Gasteiger partial charge in [-0.3, -0.25) is 9.59 Å². The summed E-state index contributed by atoms with van der Waals surface area (Å²) < 4.78 is 7.81. The molecule has 8 nitrogen and oxygen atoms in total. The van der Waals surface area contributed by atoms with Crippen LogP contribution in [0.25, 0.3) is 22.4 Å². The van der Waals surface area contributed by atoms with E-state index in [9.17, 15) is 9.59 Å². The topological polar surface area (TPSA) is 95.8 Å². The second kappa shape index (κ2) is 6.68. The zero-order valence-corrected chi connectivity index (χ0v) is 15.0. The maximum atomic E-state index is 13.2. The monoisotopic (exact) mass is 383 g/mol.